The van der Waals surface area contributed by atoms with Crippen LogP contribution in [0.2, 0.25) is 0 Å². The van der Waals surface area contributed by atoms with Gasteiger partial charge >= 0.3 is 6.09 Å². The highest BCUT2D eigenvalue weighted by molar-refractivity contribution is 5.67. The molecular formula is C6H13NO4. The van der Waals surface area contributed by atoms with Crippen molar-refractivity contribution in [2.45, 2.75) is 13.3 Å². The number of methoxy groups -OCH3 is 2. The van der Waals surface area contributed by atoms with Gasteiger partial charge in [-0.25, -0.2) is 4.79 Å². The molecule has 0 aliphatic carbocycles. The van der Waals surface area contributed by atoms with E-state index in [1.54, 1.807) is 6.92 Å². The lowest BCUT2D eigenvalue weighted by Gasteiger charge is -2.13. The molecule has 1 amide bonds. The number of rotatable bonds is 4. The molecule has 0 aliphatic heterocycles. The molecular weight excluding hydrogens is 150 g/mol. The van der Waals surface area contributed by atoms with Crippen molar-refractivity contribution in [3.63, 3.8) is 0 Å². The number of carbonyl (C=O) groups excluding carboxylic acids is 1. The van der Waals surface area contributed by atoms with Crippen molar-refractivity contribution in [1.29, 1.82) is 0 Å². The monoisotopic (exact) mass is 163 g/mol. The lowest BCUT2D eigenvalue weighted by molar-refractivity contribution is -0.118. The Morgan fingerprint density at radius 2 is 2.00 bits per heavy atom. The average molecular weight is 163 g/mol. The second-order valence-corrected chi connectivity index (χ2v) is 1.67. The van der Waals surface area contributed by atoms with Crippen LogP contribution in [0, 0.1) is 0 Å². The molecule has 0 saturated heterocycles. The molecule has 0 spiro atoms. The van der Waals surface area contributed by atoms with Crippen LogP contribution in [0.4, 0.5) is 4.79 Å². The van der Waals surface area contributed by atoms with Gasteiger partial charge in [0, 0.05) is 14.2 Å². The first-order chi connectivity index (χ1) is 5.24. The maximum absolute atomic E-state index is 10.7. The van der Waals surface area contributed by atoms with E-state index in [0.717, 1.165) is 0 Å². The van der Waals surface area contributed by atoms with Gasteiger partial charge in [-0.3, -0.25) is 5.32 Å². The minimum atomic E-state index is -0.742. The molecule has 0 unspecified atom stereocenters. The molecule has 11 heavy (non-hydrogen) atoms. The maximum atomic E-state index is 10.7. The lowest BCUT2D eigenvalue weighted by atomic mass is 10.8. The molecule has 1 N–H and O–H groups in total. The van der Waals surface area contributed by atoms with Crippen LogP contribution in [0.5, 0.6) is 0 Å². The predicted octanol–water partition coefficient (Wildman–Crippen LogP) is 0.309. The van der Waals surface area contributed by atoms with Crippen molar-refractivity contribution in [3.05, 3.63) is 0 Å². The zero-order valence-corrected chi connectivity index (χ0v) is 6.92. The Balaban J connectivity index is 3.54. The number of ether oxygens (including phenoxy) is 3. The van der Waals surface area contributed by atoms with Gasteiger partial charge in [0.05, 0.1) is 6.61 Å². The molecule has 0 aromatic carbocycles. The van der Waals surface area contributed by atoms with Gasteiger partial charge < -0.3 is 14.2 Å². The fraction of sp³-hybridized carbons (Fsp3) is 0.833. The molecule has 5 heteroatoms. The van der Waals surface area contributed by atoms with E-state index in [-0.39, 0.29) is 0 Å². The summed E-state index contributed by atoms with van der Waals surface area (Å²) in [5.41, 5.74) is 0. The fourth-order valence-electron chi connectivity index (χ4n) is 0.483. The van der Waals surface area contributed by atoms with Gasteiger partial charge in [0.15, 0.2) is 0 Å². The smallest absolute Gasteiger partial charge is 0.411 e. The number of hydrogen-bond donors (Lipinski definition) is 1. The topological polar surface area (TPSA) is 56.8 Å². The van der Waals surface area contributed by atoms with Crippen LogP contribution >= 0.6 is 0 Å². The molecule has 0 aromatic heterocycles. The molecule has 66 valence electrons. The third-order valence-electron chi connectivity index (χ3n) is 0.939. The van der Waals surface area contributed by atoms with Crippen molar-refractivity contribution in [2.24, 2.45) is 0 Å². The first kappa shape index (κ1) is 10.2. The average Bonchev–Trinajstić information content (AvgIpc) is 2.01. The highest BCUT2D eigenvalue weighted by atomic mass is 16.7. The molecule has 0 aliphatic rings. The largest absolute Gasteiger partial charge is 0.450 e. The van der Waals surface area contributed by atoms with E-state index >= 15 is 0 Å². The van der Waals surface area contributed by atoms with E-state index in [0.29, 0.717) is 6.61 Å². The minimum absolute atomic E-state index is 0.325. The molecule has 0 aromatic rings. The Labute approximate surface area is 65.6 Å². The normalized spacial score (nSPS) is 9.82. The summed E-state index contributed by atoms with van der Waals surface area (Å²) in [7, 11) is 2.83. The van der Waals surface area contributed by atoms with Crippen LogP contribution in [0.15, 0.2) is 0 Å². The quantitative estimate of drug-likeness (QED) is 0.606. The molecule has 5 nitrogen and oxygen atoms in total. The first-order valence-electron chi connectivity index (χ1n) is 3.23. The Hall–Kier alpha value is -0.810. The summed E-state index contributed by atoms with van der Waals surface area (Å²) in [5.74, 6) is 0. The Bertz CT molecular complexity index is 113. The summed E-state index contributed by atoms with van der Waals surface area (Å²) in [4.78, 5) is 10.7. The van der Waals surface area contributed by atoms with Crippen molar-refractivity contribution in [1.82, 2.24) is 5.32 Å². The third-order valence-corrected chi connectivity index (χ3v) is 0.939. The zero-order chi connectivity index (χ0) is 8.69. The highest BCUT2D eigenvalue weighted by Gasteiger charge is 2.08. The molecule has 0 saturated carbocycles. The van der Waals surface area contributed by atoms with E-state index in [1.807, 2.05) is 0 Å². The summed E-state index contributed by atoms with van der Waals surface area (Å²) in [6.45, 7) is 2.04. The molecule has 0 fully saturated rings. The van der Waals surface area contributed by atoms with Crippen LogP contribution in [0.25, 0.3) is 0 Å². The van der Waals surface area contributed by atoms with Crippen LogP contribution in [0.3, 0.4) is 0 Å². The first-order valence-corrected chi connectivity index (χ1v) is 3.23. The summed E-state index contributed by atoms with van der Waals surface area (Å²) < 4.78 is 13.9. The van der Waals surface area contributed by atoms with Gasteiger partial charge in [-0.15, -0.1) is 0 Å². The van der Waals surface area contributed by atoms with Crippen LogP contribution in [-0.4, -0.2) is 33.3 Å². The van der Waals surface area contributed by atoms with Gasteiger partial charge in [0.1, 0.15) is 0 Å². The molecule has 0 atom stereocenters. The minimum Gasteiger partial charge on any atom is -0.450 e. The number of amides is 1. The second-order valence-electron chi connectivity index (χ2n) is 1.67. The summed E-state index contributed by atoms with van der Waals surface area (Å²) in [6.07, 6.45) is -1.30. The summed E-state index contributed by atoms with van der Waals surface area (Å²) in [5, 5.41) is 2.31. The molecule has 0 radical (unpaired) electrons. The van der Waals surface area contributed by atoms with E-state index in [2.05, 4.69) is 19.5 Å². The number of nitrogens with one attached hydrogen (secondary N) is 1. The number of alkyl carbamates (subject to hydrolysis) is 1. The standard InChI is InChI=1S/C6H13NO4/c1-4-11-5(8)7-6(9-2)10-3/h6H,4H2,1-3H3,(H,7,8). The van der Waals surface area contributed by atoms with Crippen LogP contribution in [-0.2, 0) is 14.2 Å². The van der Waals surface area contributed by atoms with Gasteiger partial charge in [0.2, 0.25) is 6.41 Å². The Kier molecular flexibility index (Phi) is 5.50. The SMILES string of the molecule is CCOC(=O)NC(OC)OC. The summed E-state index contributed by atoms with van der Waals surface area (Å²) >= 11 is 0. The van der Waals surface area contributed by atoms with Gasteiger partial charge in [-0.2, -0.15) is 0 Å². The van der Waals surface area contributed by atoms with E-state index in [1.165, 1.54) is 14.2 Å². The van der Waals surface area contributed by atoms with E-state index < -0.39 is 12.5 Å². The highest BCUT2D eigenvalue weighted by Crippen LogP contribution is 1.86. The third kappa shape index (κ3) is 4.58. The van der Waals surface area contributed by atoms with Crippen molar-refractivity contribution >= 4 is 6.09 Å². The Morgan fingerprint density at radius 3 is 2.36 bits per heavy atom. The van der Waals surface area contributed by atoms with Crippen molar-refractivity contribution < 1.29 is 19.0 Å². The molecule has 0 bridgehead atoms. The number of carbonyl (C=O) groups is 1. The van der Waals surface area contributed by atoms with E-state index in [9.17, 15) is 4.79 Å². The van der Waals surface area contributed by atoms with E-state index in [4.69, 9.17) is 0 Å². The van der Waals surface area contributed by atoms with Crippen LogP contribution < -0.4 is 5.32 Å². The maximum Gasteiger partial charge on any atom is 0.411 e. The van der Waals surface area contributed by atoms with Crippen LogP contribution in [0.1, 0.15) is 6.92 Å². The summed E-state index contributed by atoms with van der Waals surface area (Å²) in [6, 6.07) is 0. The zero-order valence-electron chi connectivity index (χ0n) is 6.92. The van der Waals surface area contributed by atoms with Gasteiger partial charge in [0.25, 0.3) is 0 Å². The van der Waals surface area contributed by atoms with Crippen molar-refractivity contribution in [3.8, 4) is 0 Å². The molecule has 0 rings (SSSR count). The predicted molar refractivity (Wildman–Crippen MR) is 38.0 cm³/mol. The number of hydrogen-bond acceptors (Lipinski definition) is 4. The second kappa shape index (κ2) is 5.94. The lowest BCUT2D eigenvalue weighted by Crippen LogP contribution is -2.37. The molecule has 0 heterocycles. The Morgan fingerprint density at radius 1 is 1.45 bits per heavy atom. The fourth-order valence-corrected chi connectivity index (χ4v) is 0.483. The van der Waals surface area contributed by atoms with Crippen molar-refractivity contribution in [2.75, 3.05) is 20.8 Å². The van der Waals surface area contributed by atoms with Gasteiger partial charge in [-0.1, -0.05) is 0 Å². The van der Waals surface area contributed by atoms with Gasteiger partial charge in [-0.05, 0) is 6.92 Å².